The summed E-state index contributed by atoms with van der Waals surface area (Å²) >= 11 is 0. The molecule has 27 heavy (non-hydrogen) atoms. The van der Waals surface area contributed by atoms with Crippen molar-refractivity contribution < 1.29 is 19.2 Å². The molecule has 3 rings (SSSR count). The van der Waals surface area contributed by atoms with Crippen molar-refractivity contribution in [3.05, 3.63) is 35.4 Å². The predicted molar refractivity (Wildman–Crippen MR) is 97.8 cm³/mol. The molecule has 0 unspecified atom stereocenters. The molecule has 2 N–H and O–H groups in total. The molecule has 0 bridgehead atoms. The Morgan fingerprint density at radius 1 is 1.33 bits per heavy atom. The normalized spacial score (nSPS) is 11.9. The van der Waals surface area contributed by atoms with Crippen molar-refractivity contribution in [3.8, 4) is 0 Å². The van der Waals surface area contributed by atoms with E-state index in [4.69, 9.17) is 4.52 Å². The first-order valence-electron chi connectivity index (χ1n) is 8.48. The fraction of sp³-hybridized carbons (Fsp3) is 0.389. The number of carboxylic acid groups (broad SMARTS) is 1. The number of amides is 1. The van der Waals surface area contributed by atoms with Gasteiger partial charge in [-0.05, 0) is 32.8 Å². The molecule has 9 heteroatoms. The van der Waals surface area contributed by atoms with E-state index in [1.54, 1.807) is 13.0 Å². The Morgan fingerprint density at radius 2 is 2.04 bits per heavy atom. The zero-order valence-electron chi connectivity index (χ0n) is 15.8. The van der Waals surface area contributed by atoms with Crippen molar-refractivity contribution in [2.45, 2.75) is 46.1 Å². The molecule has 0 radical (unpaired) electrons. The average Bonchev–Trinajstić information content (AvgIpc) is 3.21. The minimum absolute atomic E-state index is 0.102. The van der Waals surface area contributed by atoms with E-state index in [1.165, 1.54) is 30.9 Å². The second-order valence-corrected chi connectivity index (χ2v) is 7.19. The fourth-order valence-electron chi connectivity index (χ4n) is 2.58. The summed E-state index contributed by atoms with van der Waals surface area (Å²) in [5, 5.41) is 20.6. The van der Waals surface area contributed by atoms with Crippen LogP contribution in [0.15, 0.2) is 23.0 Å². The van der Waals surface area contributed by atoms with Crippen LogP contribution in [0.2, 0.25) is 0 Å². The van der Waals surface area contributed by atoms with Gasteiger partial charge in [-0.25, -0.2) is 9.78 Å². The number of aryl methyl sites for hydroxylation is 1. The number of hydrogen-bond acceptors (Lipinski definition) is 6. The first kappa shape index (κ1) is 18.6. The number of pyridine rings is 1. The molecule has 0 aliphatic carbocycles. The van der Waals surface area contributed by atoms with Crippen molar-refractivity contribution >= 4 is 28.7 Å². The van der Waals surface area contributed by atoms with Crippen molar-refractivity contribution in [3.63, 3.8) is 0 Å². The fourth-order valence-corrected chi connectivity index (χ4v) is 2.58. The van der Waals surface area contributed by atoms with Gasteiger partial charge in [-0.2, -0.15) is 5.10 Å². The van der Waals surface area contributed by atoms with E-state index in [0.717, 1.165) is 0 Å². The maximum Gasteiger partial charge on any atom is 0.331 e. The summed E-state index contributed by atoms with van der Waals surface area (Å²) in [7, 11) is 0. The SMILES string of the molecule is Cc1noc2nc(C(C)C)cc(C(=O)Nc3cnn(C(C)(C)C(=O)O)c3)c12. The molecule has 3 aromatic rings. The highest BCUT2D eigenvalue weighted by Crippen LogP contribution is 2.26. The highest BCUT2D eigenvalue weighted by molar-refractivity contribution is 6.12. The lowest BCUT2D eigenvalue weighted by molar-refractivity contribution is -0.146. The second-order valence-electron chi connectivity index (χ2n) is 7.19. The standard InChI is InChI=1S/C18H21N5O4/c1-9(2)13-6-12(14-10(3)22-27-16(14)21-13)15(24)20-11-7-19-23(8-11)18(4,5)17(25)26/h6-9H,1-5H3,(H,20,24)(H,25,26). The number of aliphatic carboxylic acids is 1. The number of anilines is 1. The summed E-state index contributed by atoms with van der Waals surface area (Å²) in [6.45, 7) is 8.73. The van der Waals surface area contributed by atoms with Crippen LogP contribution < -0.4 is 5.32 Å². The minimum Gasteiger partial charge on any atom is -0.479 e. The van der Waals surface area contributed by atoms with Gasteiger partial charge < -0.3 is 14.9 Å². The maximum atomic E-state index is 12.9. The van der Waals surface area contributed by atoms with Gasteiger partial charge in [0, 0.05) is 11.9 Å². The number of fused-ring (bicyclic) bond motifs is 1. The van der Waals surface area contributed by atoms with Crippen LogP contribution in [-0.2, 0) is 10.3 Å². The number of hydrogen-bond donors (Lipinski definition) is 2. The first-order valence-corrected chi connectivity index (χ1v) is 8.48. The van der Waals surface area contributed by atoms with Gasteiger partial charge in [0.25, 0.3) is 11.6 Å². The van der Waals surface area contributed by atoms with E-state index < -0.39 is 11.5 Å². The molecule has 0 atom stereocenters. The van der Waals surface area contributed by atoms with E-state index in [1.807, 2.05) is 13.8 Å². The smallest absolute Gasteiger partial charge is 0.331 e. The Kier molecular flexibility index (Phi) is 4.46. The van der Waals surface area contributed by atoms with E-state index >= 15 is 0 Å². The van der Waals surface area contributed by atoms with Crippen molar-refractivity contribution in [1.82, 2.24) is 19.9 Å². The van der Waals surface area contributed by atoms with Crippen LogP contribution in [0.5, 0.6) is 0 Å². The van der Waals surface area contributed by atoms with Crippen LogP contribution in [0, 0.1) is 6.92 Å². The van der Waals surface area contributed by atoms with E-state index in [-0.39, 0.29) is 11.8 Å². The highest BCUT2D eigenvalue weighted by Gasteiger charge is 2.30. The van der Waals surface area contributed by atoms with Crippen LogP contribution in [0.25, 0.3) is 11.1 Å². The molecule has 3 heterocycles. The van der Waals surface area contributed by atoms with Crippen molar-refractivity contribution in [2.75, 3.05) is 5.32 Å². The Hall–Kier alpha value is -3.23. The molecule has 0 spiro atoms. The van der Waals surface area contributed by atoms with Gasteiger partial charge in [0.2, 0.25) is 0 Å². The Morgan fingerprint density at radius 3 is 2.67 bits per heavy atom. The third-order valence-corrected chi connectivity index (χ3v) is 4.41. The topological polar surface area (TPSA) is 123 Å². The first-order chi connectivity index (χ1) is 12.6. The lowest BCUT2D eigenvalue weighted by atomic mass is 10.0. The Balaban J connectivity index is 1.96. The molecule has 0 aliphatic rings. The minimum atomic E-state index is -1.23. The molecule has 1 amide bonds. The molecule has 0 aliphatic heterocycles. The highest BCUT2D eigenvalue weighted by atomic mass is 16.5. The van der Waals surface area contributed by atoms with Gasteiger partial charge in [0.1, 0.15) is 0 Å². The lowest BCUT2D eigenvalue weighted by Gasteiger charge is -2.19. The molecule has 9 nitrogen and oxygen atoms in total. The van der Waals surface area contributed by atoms with Crippen molar-refractivity contribution in [1.29, 1.82) is 0 Å². The van der Waals surface area contributed by atoms with Crippen LogP contribution in [0.3, 0.4) is 0 Å². The number of rotatable bonds is 5. The molecule has 142 valence electrons. The summed E-state index contributed by atoms with van der Waals surface area (Å²) in [5.41, 5.74) is 1.15. The Labute approximate surface area is 155 Å². The quantitative estimate of drug-likeness (QED) is 0.707. The third kappa shape index (κ3) is 3.27. The third-order valence-electron chi connectivity index (χ3n) is 4.41. The van der Waals surface area contributed by atoms with Crippen LogP contribution in [0.1, 0.15) is 55.4 Å². The summed E-state index contributed by atoms with van der Waals surface area (Å²) in [4.78, 5) is 28.7. The predicted octanol–water partition coefficient (Wildman–Crippen LogP) is 2.92. The van der Waals surface area contributed by atoms with Gasteiger partial charge in [0.05, 0.1) is 28.5 Å². The summed E-state index contributed by atoms with van der Waals surface area (Å²) in [5.74, 6) is -1.30. The molecular weight excluding hydrogens is 350 g/mol. The zero-order chi connectivity index (χ0) is 19.9. The second kappa shape index (κ2) is 6.49. The van der Waals surface area contributed by atoms with Crippen molar-refractivity contribution in [2.24, 2.45) is 0 Å². The summed E-state index contributed by atoms with van der Waals surface area (Å²) in [6, 6.07) is 1.72. The summed E-state index contributed by atoms with van der Waals surface area (Å²) in [6.07, 6.45) is 2.89. The van der Waals surface area contributed by atoms with Gasteiger partial charge in [-0.15, -0.1) is 0 Å². The van der Waals surface area contributed by atoms with Gasteiger partial charge in [-0.3, -0.25) is 9.48 Å². The number of nitrogens with zero attached hydrogens (tertiary/aromatic N) is 4. The number of carboxylic acids is 1. The Bertz CT molecular complexity index is 1030. The molecule has 3 aromatic heterocycles. The van der Waals surface area contributed by atoms with Gasteiger partial charge >= 0.3 is 5.97 Å². The van der Waals surface area contributed by atoms with Crippen LogP contribution >= 0.6 is 0 Å². The molecular formula is C18H21N5O4. The van der Waals surface area contributed by atoms with E-state index in [0.29, 0.717) is 33.7 Å². The number of carbonyl (C=O) groups is 2. The number of carbonyl (C=O) groups excluding carboxylic acids is 1. The molecule has 0 saturated heterocycles. The molecule has 0 saturated carbocycles. The van der Waals surface area contributed by atoms with Crippen LogP contribution in [0.4, 0.5) is 5.69 Å². The van der Waals surface area contributed by atoms with Gasteiger partial charge in [0.15, 0.2) is 5.54 Å². The summed E-state index contributed by atoms with van der Waals surface area (Å²) < 4.78 is 6.52. The molecule has 0 aromatic carbocycles. The lowest BCUT2D eigenvalue weighted by Crippen LogP contribution is -2.35. The van der Waals surface area contributed by atoms with Gasteiger partial charge in [-0.1, -0.05) is 19.0 Å². The number of nitrogens with one attached hydrogen (secondary N) is 1. The van der Waals surface area contributed by atoms with E-state index in [2.05, 4.69) is 20.6 Å². The maximum absolute atomic E-state index is 12.9. The average molecular weight is 371 g/mol. The zero-order valence-corrected chi connectivity index (χ0v) is 15.8. The van der Waals surface area contributed by atoms with E-state index in [9.17, 15) is 14.7 Å². The molecule has 0 fully saturated rings. The number of aromatic nitrogens is 4. The largest absolute Gasteiger partial charge is 0.479 e. The monoisotopic (exact) mass is 371 g/mol. The van der Waals surface area contributed by atoms with Crippen LogP contribution in [-0.4, -0.2) is 36.9 Å².